The third-order valence-corrected chi connectivity index (χ3v) is 5.34. The molecule has 0 atom stereocenters. The van der Waals surface area contributed by atoms with Crippen LogP contribution in [0.4, 0.5) is 0 Å². The molecule has 6 nitrogen and oxygen atoms in total. The van der Waals surface area contributed by atoms with Crippen LogP contribution in [0, 0.1) is 0 Å². The summed E-state index contributed by atoms with van der Waals surface area (Å²) < 4.78 is 18.2. The standard InChI is InChI=1S/C19H20ClN3O3S/c1-23-18(13-9-15(24-2)17(26-4)16(10-13)25-3)21-22-19(23)27-11-12-6-5-7-14(20)8-12/h5-10H,11H2,1-4H3. The third-order valence-electron chi connectivity index (χ3n) is 4.01. The lowest BCUT2D eigenvalue weighted by Crippen LogP contribution is -1.99. The van der Waals surface area contributed by atoms with Gasteiger partial charge in [-0.1, -0.05) is 35.5 Å². The molecule has 0 unspecified atom stereocenters. The van der Waals surface area contributed by atoms with Crippen LogP contribution in [0.15, 0.2) is 41.6 Å². The van der Waals surface area contributed by atoms with Crippen LogP contribution in [0.5, 0.6) is 17.2 Å². The van der Waals surface area contributed by atoms with E-state index in [1.165, 1.54) is 0 Å². The van der Waals surface area contributed by atoms with Crippen LogP contribution in [0.3, 0.4) is 0 Å². The van der Waals surface area contributed by atoms with Crippen LogP contribution in [0.1, 0.15) is 5.56 Å². The minimum Gasteiger partial charge on any atom is -0.493 e. The first-order chi connectivity index (χ1) is 13.1. The van der Waals surface area contributed by atoms with Gasteiger partial charge in [0.05, 0.1) is 21.3 Å². The lowest BCUT2D eigenvalue weighted by Gasteiger charge is -2.14. The zero-order valence-electron chi connectivity index (χ0n) is 15.5. The van der Waals surface area contributed by atoms with Crippen LogP contribution in [0.2, 0.25) is 5.02 Å². The topological polar surface area (TPSA) is 58.4 Å². The molecule has 3 aromatic rings. The van der Waals surface area contributed by atoms with Crippen molar-refractivity contribution in [3.05, 3.63) is 47.0 Å². The van der Waals surface area contributed by atoms with Crippen LogP contribution in [-0.2, 0) is 12.8 Å². The fraction of sp³-hybridized carbons (Fsp3) is 0.263. The van der Waals surface area contributed by atoms with Gasteiger partial charge in [-0.25, -0.2) is 0 Å². The fourth-order valence-corrected chi connectivity index (χ4v) is 3.74. The fourth-order valence-electron chi connectivity index (χ4n) is 2.68. The maximum atomic E-state index is 6.05. The van der Waals surface area contributed by atoms with Crippen molar-refractivity contribution in [2.75, 3.05) is 21.3 Å². The van der Waals surface area contributed by atoms with Gasteiger partial charge in [-0.2, -0.15) is 0 Å². The zero-order chi connectivity index (χ0) is 19.4. The summed E-state index contributed by atoms with van der Waals surface area (Å²) in [5, 5.41) is 10.2. The van der Waals surface area contributed by atoms with Crippen LogP contribution < -0.4 is 14.2 Å². The van der Waals surface area contributed by atoms with Gasteiger partial charge in [-0.05, 0) is 29.8 Å². The SMILES string of the molecule is COc1cc(-c2nnc(SCc3cccc(Cl)c3)n2C)cc(OC)c1OC. The summed E-state index contributed by atoms with van der Waals surface area (Å²) in [6.45, 7) is 0. The molecule has 0 spiro atoms. The van der Waals surface area contributed by atoms with Gasteiger partial charge in [0.25, 0.3) is 0 Å². The second-order valence-corrected chi connectivity index (χ2v) is 7.08. The highest BCUT2D eigenvalue weighted by Crippen LogP contribution is 2.41. The molecule has 8 heteroatoms. The molecule has 0 radical (unpaired) electrons. The van der Waals surface area contributed by atoms with Gasteiger partial charge >= 0.3 is 0 Å². The molecule has 0 saturated heterocycles. The number of hydrogen-bond acceptors (Lipinski definition) is 6. The molecular weight excluding hydrogens is 386 g/mol. The number of thioether (sulfide) groups is 1. The average Bonchev–Trinajstić information content (AvgIpc) is 3.05. The second kappa shape index (κ2) is 8.54. The molecule has 27 heavy (non-hydrogen) atoms. The Morgan fingerprint density at radius 3 is 2.30 bits per heavy atom. The van der Waals surface area contributed by atoms with Gasteiger partial charge in [-0.3, -0.25) is 0 Å². The maximum Gasteiger partial charge on any atom is 0.203 e. The molecule has 1 heterocycles. The van der Waals surface area contributed by atoms with Gasteiger partial charge < -0.3 is 18.8 Å². The predicted octanol–water partition coefficient (Wildman–Crippen LogP) is 4.45. The maximum absolute atomic E-state index is 6.05. The Kier molecular flexibility index (Phi) is 6.13. The third kappa shape index (κ3) is 4.14. The van der Waals surface area contributed by atoms with E-state index < -0.39 is 0 Å². The number of hydrogen-bond donors (Lipinski definition) is 0. The molecule has 0 saturated carbocycles. The molecular formula is C19H20ClN3O3S. The van der Waals surface area contributed by atoms with Crippen molar-refractivity contribution in [3.8, 4) is 28.6 Å². The highest BCUT2D eigenvalue weighted by molar-refractivity contribution is 7.98. The van der Waals surface area contributed by atoms with Crippen molar-refractivity contribution < 1.29 is 14.2 Å². The van der Waals surface area contributed by atoms with E-state index in [1.54, 1.807) is 33.1 Å². The first-order valence-electron chi connectivity index (χ1n) is 8.14. The van der Waals surface area contributed by atoms with E-state index in [0.717, 1.165) is 27.1 Å². The number of aromatic nitrogens is 3. The molecule has 0 aliphatic carbocycles. The highest BCUT2D eigenvalue weighted by atomic mass is 35.5. The van der Waals surface area contributed by atoms with E-state index >= 15 is 0 Å². The molecule has 0 amide bonds. The zero-order valence-corrected chi connectivity index (χ0v) is 17.1. The summed E-state index contributed by atoms with van der Waals surface area (Å²) in [6.07, 6.45) is 0. The Labute approximate surface area is 167 Å². The molecule has 3 rings (SSSR count). The van der Waals surface area contributed by atoms with Crippen molar-refractivity contribution in [1.29, 1.82) is 0 Å². The Balaban J connectivity index is 1.88. The summed E-state index contributed by atoms with van der Waals surface area (Å²) in [5.74, 6) is 3.15. The van der Waals surface area contributed by atoms with Crippen molar-refractivity contribution >= 4 is 23.4 Å². The predicted molar refractivity (Wildman–Crippen MR) is 107 cm³/mol. The molecule has 0 bridgehead atoms. The van der Waals surface area contributed by atoms with Gasteiger partial charge in [0.15, 0.2) is 22.5 Å². The Morgan fingerprint density at radius 1 is 1.00 bits per heavy atom. The summed E-state index contributed by atoms with van der Waals surface area (Å²) in [7, 11) is 6.68. The van der Waals surface area contributed by atoms with Crippen LogP contribution in [0.25, 0.3) is 11.4 Å². The van der Waals surface area contributed by atoms with Gasteiger partial charge in [-0.15, -0.1) is 10.2 Å². The van der Waals surface area contributed by atoms with E-state index in [0.29, 0.717) is 23.1 Å². The molecule has 2 aromatic carbocycles. The van der Waals surface area contributed by atoms with E-state index in [-0.39, 0.29) is 0 Å². The quantitative estimate of drug-likeness (QED) is 0.541. The first-order valence-corrected chi connectivity index (χ1v) is 9.50. The lowest BCUT2D eigenvalue weighted by atomic mass is 10.1. The highest BCUT2D eigenvalue weighted by Gasteiger charge is 2.18. The molecule has 0 aliphatic rings. The number of ether oxygens (including phenoxy) is 3. The molecule has 1 aromatic heterocycles. The van der Waals surface area contributed by atoms with E-state index in [1.807, 2.05) is 48.0 Å². The molecule has 0 aliphatic heterocycles. The van der Waals surface area contributed by atoms with Gasteiger partial charge in [0, 0.05) is 23.4 Å². The van der Waals surface area contributed by atoms with E-state index in [4.69, 9.17) is 25.8 Å². The Morgan fingerprint density at radius 2 is 1.70 bits per heavy atom. The smallest absolute Gasteiger partial charge is 0.203 e. The minimum absolute atomic E-state index is 0.543. The Hall–Kier alpha value is -2.38. The van der Waals surface area contributed by atoms with Crippen LogP contribution in [-0.4, -0.2) is 36.1 Å². The van der Waals surface area contributed by atoms with E-state index in [9.17, 15) is 0 Å². The number of benzene rings is 2. The Bertz CT molecular complexity index is 921. The molecule has 0 fully saturated rings. The van der Waals surface area contributed by atoms with Crippen molar-refractivity contribution in [2.45, 2.75) is 10.9 Å². The summed E-state index contributed by atoms with van der Waals surface area (Å²) >= 11 is 7.64. The minimum atomic E-state index is 0.543. The van der Waals surface area contributed by atoms with Crippen molar-refractivity contribution in [2.24, 2.45) is 7.05 Å². The normalized spacial score (nSPS) is 10.7. The molecule has 142 valence electrons. The van der Waals surface area contributed by atoms with Crippen molar-refractivity contribution in [1.82, 2.24) is 14.8 Å². The van der Waals surface area contributed by atoms with Gasteiger partial charge in [0.2, 0.25) is 5.75 Å². The van der Waals surface area contributed by atoms with Crippen LogP contribution >= 0.6 is 23.4 Å². The number of rotatable bonds is 7. The number of nitrogens with zero attached hydrogens (tertiary/aromatic N) is 3. The summed E-state index contributed by atoms with van der Waals surface area (Å²) in [5.41, 5.74) is 1.96. The average molecular weight is 406 g/mol. The summed E-state index contributed by atoms with van der Waals surface area (Å²) in [4.78, 5) is 0. The van der Waals surface area contributed by atoms with Crippen molar-refractivity contribution in [3.63, 3.8) is 0 Å². The second-order valence-electron chi connectivity index (χ2n) is 5.70. The first kappa shape index (κ1) is 19.4. The van der Waals surface area contributed by atoms with Gasteiger partial charge in [0.1, 0.15) is 0 Å². The van der Waals surface area contributed by atoms with E-state index in [2.05, 4.69) is 10.2 Å². The lowest BCUT2D eigenvalue weighted by molar-refractivity contribution is 0.324. The largest absolute Gasteiger partial charge is 0.493 e. The molecule has 0 N–H and O–H groups in total. The number of halogens is 1. The summed E-state index contributed by atoms with van der Waals surface area (Å²) in [6, 6.07) is 11.5. The number of methoxy groups -OCH3 is 3. The monoisotopic (exact) mass is 405 g/mol.